The van der Waals surface area contributed by atoms with Gasteiger partial charge in [-0.3, -0.25) is 4.79 Å². The smallest absolute Gasteiger partial charge is 0.329 e. The van der Waals surface area contributed by atoms with E-state index in [2.05, 4.69) is 5.32 Å². The second kappa shape index (κ2) is 5.72. The highest BCUT2D eigenvalue weighted by Crippen LogP contribution is 2.40. The van der Waals surface area contributed by atoms with E-state index in [0.29, 0.717) is 18.6 Å². The molecular formula is C16H19NO3S. The van der Waals surface area contributed by atoms with Crippen molar-refractivity contribution in [3.63, 3.8) is 0 Å². The number of amides is 1. The van der Waals surface area contributed by atoms with Crippen molar-refractivity contribution in [2.75, 3.05) is 5.75 Å². The number of carboxylic acid groups (broad SMARTS) is 1. The molecule has 1 amide bonds. The van der Waals surface area contributed by atoms with Gasteiger partial charge < -0.3 is 10.4 Å². The fourth-order valence-corrected chi connectivity index (χ4v) is 4.48. The van der Waals surface area contributed by atoms with Gasteiger partial charge in [0.05, 0.1) is 5.92 Å². The van der Waals surface area contributed by atoms with E-state index in [1.54, 1.807) is 11.8 Å². The summed E-state index contributed by atoms with van der Waals surface area (Å²) in [6.07, 6.45) is 3.85. The summed E-state index contributed by atoms with van der Waals surface area (Å²) in [6.45, 7) is 0. The molecule has 1 aliphatic carbocycles. The van der Waals surface area contributed by atoms with Crippen LogP contribution in [0.4, 0.5) is 0 Å². The number of thioether (sulfide) groups is 1. The second-order valence-corrected chi connectivity index (χ2v) is 6.90. The van der Waals surface area contributed by atoms with Gasteiger partial charge in [-0.25, -0.2) is 4.79 Å². The lowest BCUT2D eigenvalue weighted by molar-refractivity contribution is -0.149. The van der Waals surface area contributed by atoms with Crippen LogP contribution in [0.5, 0.6) is 0 Å². The molecule has 2 N–H and O–H groups in total. The Hall–Kier alpha value is -1.49. The van der Waals surface area contributed by atoms with Crippen LogP contribution < -0.4 is 5.32 Å². The molecule has 1 aromatic rings. The third-order valence-electron chi connectivity index (χ3n) is 4.50. The van der Waals surface area contributed by atoms with E-state index in [-0.39, 0.29) is 11.8 Å². The van der Waals surface area contributed by atoms with Gasteiger partial charge in [0.15, 0.2) is 0 Å². The van der Waals surface area contributed by atoms with E-state index in [1.165, 1.54) is 0 Å². The molecule has 1 heterocycles. The highest BCUT2D eigenvalue weighted by molar-refractivity contribution is 7.99. The van der Waals surface area contributed by atoms with Crippen LogP contribution in [-0.2, 0) is 9.59 Å². The quantitative estimate of drug-likeness (QED) is 0.901. The van der Waals surface area contributed by atoms with Crippen molar-refractivity contribution in [2.45, 2.75) is 48.5 Å². The van der Waals surface area contributed by atoms with Crippen LogP contribution >= 0.6 is 11.8 Å². The Morgan fingerprint density at radius 3 is 2.62 bits per heavy atom. The fourth-order valence-electron chi connectivity index (χ4n) is 3.25. The van der Waals surface area contributed by atoms with Crippen LogP contribution in [0.1, 0.15) is 43.6 Å². The van der Waals surface area contributed by atoms with E-state index in [9.17, 15) is 14.7 Å². The van der Waals surface area contributed by atoms with Crippen LogP contribution in [0.15, 0.2) is 29.2 Å². The Morgan fingerprint density at radius 1 is 1.19 bits per heavy atom. The standard InChI is InChI=1S/C16H19NO3S/c18-14(12-10-21-13-7-3-2-6-11(12)13)17-16(15(19)20)8-4-1-5-9-16/h2-3,6-7,12H,1,4-5,8-10H2,(H,17,18)(H,19,20). The van der Waals surface area contributed by atoms with Gasteiger partial charge in [-0.1, -0.05) is 37.5 Å². The third-order valence-corrected chi connectivity index (χ3v) is 5.68. The van der Waals surface area contributed by atoms with E-state index in [4.69, 9.17) is 0 Å². The van der Waals surface area contributed by atoms with Crippen molar-refractivity contribution in [3.05, 3.63) is 29.8 Å². The number of carboxylic acids is 1. The molecule has 0 radical (unpaired) electrons. The minimum absolute atomic E-state index is 0.142. The molecule has 0 aromatic heterocycles. The van der Waals surface area contributed by atoms with Crippen molar-refractivity contribution >= 4 is 23.6 Å². The van der Waals surface area contributed by atoms with Crippen molar-refractivity contribution in [2.24, 2.45) is 0 Å². The predicted octanol–water partition coefficient (Wildman–Crippen LogP) is 2.78. The molecule has 112 valence electrons. The lowest BCUT2D eigenvalue weighted by atomic mass is 9.81. The van der Waals surface area contributed by atoms with Gasteiger partial charge in [0, 0.05) is 10.6 Å². The van der Waals surface area contributed by atoms with Gasteiger partial charge in [0.2, 0.25) is 5.91 Å². The zero-order chi connectivity index (χ0) is 14.9. The molecule has 3 rings (SSSR count). The number of benzene rings is 1. The first kappa shape index (κ1) is 14.4. The zero-order valence-electron chi connectivity index (χ0n) is 11.8. The van der Waals surface area contributed by atoms with Crippen LogP contribution in [0, 0.1) is 0 Å². The number of hydrogen-bond acceptors (Lipinski definition) is 3. The average Bonchev–Trinajstić information content (AvgIpc) is 2.92. The maximum Gasteiger partial charge on any atom is 0.329 e. The predicted molar refractivity (Wildman–Crippen MR) is 81.5 cm³/mol. The number of carbonyl (C=O) groups excluding carboxylic acids is 1. The third kappa shape index (κ3) is 2.67. The Bertz CT molecular complexity index is 566. The van der Waals surface area contributed by atoms with Gasteiger partial charge >= 0.3 is 5.97 Å². The van der Waals surface area contributed by atoms with Crippen molar-refractivity contribution in [3.8, 4) is 0 Å². The van der Waals surface area contributed by atoms with E-state index >= 15 is 0 Å². The lowest BCUT2D eigenvalue weighted by Crippen LogP contribution is -2.56. The van der Waals surface area contributed by atoms with Gasteiger partial charge in [-0.15, -0.1) is 11.8 Å². The number of fused-ring (bicyclic) bond motifs is 1. The van der Waals surface area contributed by atoms with Gasteiger partial charge in [0.25, 0.3) is 0 Å². The number of hydrogen-bond donors (Lipinski definition) is 2. The summed E-state index contributed by atoms with van der Waals surface area (Å²) in [5, 5.41) is 12.4. The van der Waals surface area contributed by atoms with Crippen molar-refractivity contribution in [1.82, 2.24) is 5.32 Å². The zero-order valence-corrected chi connectivity index (χ0v) is 12.6. The molecule has 0 saturated heterocycles. The van der Waals surface area contributed by atoms with E-state index in [0.717, 1.165) is 29.7 Å². The lowest BCUT2D eigenvalue weighted by Gasteiger charge is -2.34. The molecule has 21 heavy (non-hydrogen) atoms. The number of rotatable bonds is 3. The summed E-state index contributed by atoms with van der Waals surface area (Å²) in [5.41, 5.74) is -0.0336. The van der Waals surface area contributed by atoms with Crippen molar-refractivity contribution < 1.29 is 14.7 Å². The first-order valence-corrected chi connectivity index (χ1v) is 8.38. The summed E-state index contributed by atoms with van der Waals surface area (Å²) in [4.78, 5) is 25.4. The molecule has 1 unspecified atom stereocenters. The molecule has 0 bridgehead atoms. The summed E-state index contributed by atoms with van der Waals surface area (Å²) < 4.78 is 0. The molecule has 0 spiro atoms. The largest absolute Gasteiger partial charge is 0.480 e. The monoisotopic (exact) mass is 305 g/mol. The normalized spacial score (nSPS) is 23.3. The topological polar surface area (TPSA) is 66.4 Å². The van der Waals surface area contributed by atoms with E-state index in [1.807, 2.05) is 24.3 Å². The summed E-state index contributed by atoms with van der Waals surface area (Å²) in [5.74, 6) is -0.573. The van der Waals surface area contributed by atoms with Crippen LogP contribution in [0.25, 0.3) is 0 Å². The minimum Gasteiger partial charge on any atom is -0.480 e. The summed E-state index contributed by atoms with van der Waals surface area (Å²) >= 11 is 1.67. The number of aliphatic carboxylic acids is 1. The number of nitrogens with one attached hydrogen (secondary N) is 1. The Kier molecular flexibility index (Phi) is 3.93. The maximum atomic E-state index is 12.6. The molecule has 1 saturated carbocycles. The van der Waals surface area contributed by atoms with E-state index < -0.39 is 11.5 Å². The summed E-state index contributed by atoms with van der Waals surface area (Å²) in [7, 11) is 0. The SMILES string of the molecule is O=C(NC1(C(=O)O)CCCCC1)C1CSc2ccccc21. The molecular weight excluding hydrogens is 286 g/mol. The summed E-state index contributed by atoms with van der Waals surface area (Å²) in [6, 6.07) is 7.87. The Morgan fingerprint density at radius 2 is 1.90 bits per heavy atom. The second-order valence-electron chi connectivity index (χ2n) is 5.84. The average molecular weight is 305 g/mol. The highest BCUT2D eigenvalue weighted by Gasteiger charge is 2.43. The van der Waals surface area contributed by atoms with Gasteiger partial charge in [-0.2, -0.15) is 0 Å². The van der Waals surface area contributed by atoms with Gasteiger partial charge in [0.1, 0.15) is 5.54 Å². The molecule has 1 aliphatic heterocycles. The Balaban J connectivity index is 1.78. The van der Waals surface area contributed by atoms with Crippen molar-refractivity contribution in [1.29, 1.82) is 0 Å². The molecule has 5 heteroatoms. The molecule has 1 fully saturated rings. The maximum absolute atomic E-state index is 12.6. The highest BCUT2D eigenvalue weighted by atomic mass is 32.2. The molecule has 4 nitrogen and oxygen atoms in total. The van der Waals surface area contributed by atoms with Crippen LogP contribution in [0.3, 0.4) is 0 Å². The number of carbonyl (C=O) groups is 2. The first-order valence-electron chi connectivity index (χ1n) is 7.39. The molecule has 1 atom stereocenters. The fraction of sp³-hybridized carbons (Fsp3) is 0.500. The minimum atomic E-state index is -1.06. The molecule has 1 aromatic carbocycles. The first-order chi connectivity index (χ1) is 10.1. The van der Waals surface area contributed by atoms with Gasteiger partial charge in [-0.05, 0) is 24.5 Å². The Labute approximate surface area is 128 Å². The van der Waals surface area contributed by atoms with Crippen LogP contribution in [-0.4, -0.2) is 28.3 Å². The molecule has 2 aliphatic rings. The van der Waals surface area contributed by atoms with Crippen LogP contribution in [0.2, 0.25) is 0 Å².